The van der Waals surface area contributed by atoms with Gasteiger partial charge in [0.2, 0.25) is 0 Å². The summed E-state index contributed by atoms with van der Waals surface area (Å²) in [6, 6.07) is 9.12. The number of anilines is 1. The molecule has 0 amide bonds. The van der Waals surface area contributed by atoms with Crippen LogP contribution in [0.5, 0.6) is 0 Å². The molecular formula is C19H32N2. The lowest BCUT2D eigenvalue weighted by Gasteiger charge is -2.27. The molecule has 1 aliphatic heterocycles. The van der Waals surface area contributed by atoms with Gasteiger partial charge in [-0.3, -0.25) is 0 Å². The number of nitrogens with one attached hydrogen (secondary N) is 1. The Hall–Kier alpha value is -1.02. The van der Waals surface area contributed by atoms with Crippen LogP contribution in [0.4, 0.5) is 5.69 Å². The van der Waals surface area contributed by atoms with Gasteiger partial charge in [0.1, 0.15) is 0 Å². The second-order valence-corrected chi connectivity index (χ2v) is 7.99. The first-order chi connectivity index (χ1) is 9.86. The molecular weight excluding hydrogens is 256 g/mol. The van der Waals surface area contributed by atoms with Crippen LogP contribution in [0.15, 0.2) is 24.3 Å². The molecule has 1 aromatic rings. The van der Waals surface area contributed by atoms with Crippen LogP contribution < -0.4 is 10.2 Å². The first-order valence-electron chi connectivity index (χ1n) is 8.41. The van der Waals surface area contributed by atoms with E-state index in [9.17, 15) is 0 Å². The van der Waals surface area contributed by atoms with Gasteiger partial charge in [-0.2, -0.15) is 0 Å². The molecule has 0 spiro atoms. The summed E-state index contributed by atoms with van der Waals surface area (Å²) in [7, 11) is 0. The fraction of sp³-hybridized carbons (Fsp3) is 0.684. The van der Waals surface area contributed by atoms with E-state index in [1.54, 1.807) is 0 Å². The minimum atomic E-state index is 0.426. The summed E-state index contributed by atoms with van der Waals surface area (Å²) in [5, 5.41) is 3.50. The lowest BCUT2D eigenvalue weighted by molar-refractivity contribution is 0.263. The van der Waals surface area contributed by atoms with Crippen LogP contribution in [0, 0.1) is 17.3 Å². The summed E-state index contributed by atoms with van der Waals surface area (Å²) in [5.74, 6) is 1.52. The number of hydrogen-bond acceptors (Lipinski definition) is 2. The lowest BCUT2D eigenvalue weighted by atomic mass is 9.80. The number of rotatable bonds is 5. The Labute approximate surface area is 130 Å². The third-order valence-corrected chi connectivity index (χ3v) is 4.60. The van der Waals surface area contributed by atoms with E-state index in [1.165, 1.54) is 30.8 Å². The molecule has 2 heteroatoms. The monoisotopic (exact) mass is 288 g/mol. The highest BCUT2D eigenvalue weighted by Gasteiger charge is 2.31. The number of hydrogen-bond donors (Lipinski definition) is 1. The topological polar surface area (TPSA) is 15.3 Å². The van der Waals surface area contributed by atoms with Crippen molar-refractivity contribution in [1.29, 1.82) is 0 Å². The van der Waals surface area contributed by atoms with Crippen molar-refractivity contribution in [2.45, 2.75) is 47.6 Å². The minimum absolute atomic E-state index is 0.426. The van der Waals surface area contributed by atoms with Crippen molar-refractivity contribution in [3.63, 3.8) is 0 Å². The van der Waals surface area contributed by atoms with Crippen LogP contribution in [0.2, 0.25) is 0 Å². The van der Waals surface area contributed by atoms with E-state index in [2.05, 4.69) is 69.1 Å². The van der Waals surface area contributed by atoms with Crippen LogP contribution in [0.1, 0.15) is 46.6 Å². The van der Waals surface area contributed by atoms with Gasteiger partial charge in [-0.15, -0.1) is 0 Å². The minimum Gasteiger partial charge on any atom is -0.371 e. The molecule has 1 aliphatic rings. The van der Waals surface area contributed by atoms with E-state index in [1.807, 2.05) is 0 Å². The van der Waals surface area contributed by atoms with Crippen molar-refractivity contribution >= 4 is 5.69 Å². The Balaban J connectivity index is 1.88. The molecule has 0 aromatic heterocycles. The molecule has 1 N–H and O–H groups in total. The van der Waals surface area contributed by atoms with Crippen LogP contribution in [0.3, 0.4) is 0 Å². The van der Waals surface area contributed by atoms with E-state index < -0.39 is 0 Å². The lowest BCUT2D eigenvalue weighted by Crippen LogP contribution is -2.25. The van der Waals surface area contributed by atoms with Gasteiger partial charge in [-0.05, 0) is 47.9 Å². The fourth-order valence-electron chi connectivity index (χ4n) is 3.03. The average molecular weight is 288 g/mol. The predicted molar refractivity (Wildman–Crippen MR) is 92.8 cm³/mol. The van der Waals surface area contributed by atoms with Gasteiger partial charge in [-0.25, -0.2) is 0 Å². The molecule has 1 saturated heterocycles. The van der Waals surface area contributed by atoms with Gasteiger partial charge < -0.3 is 10.2 Å². The van der Waals surface area contributed by atoms with Crippen molar-refractivity contribution in [3.05, 3.63) is 29.8 Å². The summed E-state index contributed by atoms with van der Waals surface area (Å²) < 4.78 is 0. The van der Waals surface area contributed by atoms with E-state index >= 15 is 0 Å². The second kappa shape index (κ2) is 6.83. The summed E-state index contributed by atoms with van der Waals surface area (Å²) in [6.45, 7) is 16.1. The number of benzene rings is 1. The van der Waals surface area contributed by atoms with Crippen LogP contribution >= 0.6 is 0 Å². The highest BCUT2D eigenvalue weighted by molar-refractivity contribution is 5.48. The Kier molecular flexibility index (Phi) is 5.32. The van der Waals surface area contributed by atoms with E-state index in [0.29, 0.717) is 11.3 Å². The van der Waals surface area contributed by atoms with E-state index in [-0.39, 0.29) is 0 Å². The van der Waals surface area contributed by atoms with Crippen molar-refractivity contribution in [3.8, 4) is 0 Å². The Morgan fingerprint density at radius 2 is 1.86 bits per heavy atom. The van der Waals surface area contributed by atoms with Gasteiger partial charge in [0.15, 0.2) is 0 Å². The molecule has 2 rings (SSSR count). The average Bonchev–Trinajstić information content (AvgIpc) is 2.88. The predicted octanol–water partition coefficient (Wildman–Crippen LogP) is 4.30. The zero-order valence-corrected chi connectivity index (χ0v) is 14.4. The molecule has 2 nitrogen and oxygen atoms in total. The Morgan fingerprint density at radius 1 is 1.19 bits per heavy atom. The zero-order chi connectivity index (χ0) is 15.5. The van der Waals surface area contributed by atoms with Crippen LogP contribution in [-0.2, 0) is 6.54 Å². The summed E-state index contributed by atoms with van der Waals surface area (Å²) in [5.41, 5.74) is 3.19. The van der Waals surface area contributed by atoms with Gasteiger partial charge in [-0.1, -0.05) is 46.8 Å². The maximum atomic E-state index is 3.50. The molecule has 0 radical (unpaired) electrons. The molecule has 0 bridgehead atoms. The van der Waals surface area contributed by atoms with Crippen molar-refractivity contribution in [1.82, 2.24) is 5.32 Å². The quantitative estimate of drug-likeness (QED) is 0.869. The molecule has 1 atom stereocenters. The van der Waals surface area contributed by atoms with Gasteiger partial charge in [0.05, 0.1) is 0 Å². The second-order valence-electron chi connectivity index (χ2n) is 7.99. The Morgan fingerprint density at radius 3 is 2.38 bits per heavy atom. The smallest absolute Gasteiger partial charge is 0.0366 e. The molecule has 0 saturated carbocycles. The van der Waals surface area contributed by atoms with E-state index in [0.717, 1.165) is 19.0 Å². The molecule has 1 fully saturated rings. The maximum absolute atomic E-state index is 3.50. The first-order valence-corrected chi connectivity index (χ1v) is 8.41. The van der Waals surface area contributed by atoms with Crippen molar-refractivity contribution in [2.24, 2.45) is 17.3 Å². The molecule has 21 heavy (non-hydrogen) atoms. The third kappa shape index (κ3) is 4.74. The molecule has 1 heterocycles. The fourth-order valence-corrected chi connectivity index (χ4v) is 3.03. The highest BCUT2D eigenvalue weighted by atomic mass is 15.2. The van der Waals surface area contributed by atoms with Crippen LogP contribution in [0.25, 0.3) is 0 Å². The highest BCUT2D eigenvalue weighted by Crippen LogP contribution is 2.35. The standard InChI is InChI=1S/C19H32N2/c1-15(2)12-20-13-16-6-8-18(9-7-16)21-11-10-17(14-21)19(3,4)5/h6-9,15,17,20H,10-14H2,1-5H3. The third-order valence-electron chi connectivity index (χ3n) is 4.60. The van der Waals surface area contributed by atoms with Crippen LogP contribution in [-0.4, -0.2) is 19.6 Å². The van der Waals surface area contributed by atoms with Gasteiger partial charge in [0, 0.05) is 25.3 Å². The zero-order valence-electron chi connectivity index (χ0n) is 14.4. The molecule has 1 aromatic carbocycles. The number of nitrogens with zero attached hydrogens (tertiary/aromatic N) is 1. The summed E-state index contributed by atoms with van der Waals surface area (Å²) in [4.78, 5) is 2.54. The molecule has 0 aliphatic carbocycles. The van der Waals surface area contributed by atoms with Crippen molar-refractivity contribution in [2.75, 3.05) is 24.5 Å². The SMILES string of the molecule is CC(C)CNCc1ccc(N2CCC(C(C)(C)C)C2)cc1. The van der Waals surface area contributed by atoms with E-state index in [4.69, 9.17) is 0 Å². The largest absolute Gasteiger partial charge is 0.371 e. The van der Waals surface area contributed by atoms with Gasteiger partial charge >= 0.3 is 0 Å². The molecule has 118 valence electrons. The van der Waals surface area contributed by atoms with Gasteiger partial charge in [0.25, 0.3) is 0 Å². The summed E-state index contributed by atoms with van der Waals surface area (Å²) >= 11 is 0. The Bertz CT molecular complexity index is 428. The first kappa shape index (κ1) is 16.4. The maximum Gasteiger partial charge on any atom is 0.0366 e. The molecule has 1 unspecified atom stereocenters. The normalized spacial score (nSPS) is 19.5. The van der Waals surface area contributed by atoms with Crippen molar-refractivity contribution < 1.29 is 0 Å². The summed E-state index contributed by atoms with van der Waals surface area (Å²) in [6.07, 6.45) is 1.32.